The lowest BCUT2D eigenvalue weighted by atomic mass is 9.86. The van der Waals surface area contributed by atoms with Crippen LogP contribution in [0.5, 0.6) is 5.75 Å². The van der Waals surface area contributed by atoms with Gasteiger partial charge in [0.2, 0.25) is 5.91 Å². The summed E-state index contributed by atoms with van der Waals surface area (Å²) in [6, 6.07) is 12.5. The van der Waals surface area contributed by atoms with E-state index in [2.05, 4.69) is 26.1 Å². The van der Waals surface area contributed by atoms with Gasteiger partial charge in [0.05, 0.1) is 0 Å². The molecular formula is C28H36Cl2N2O3. The van der Waals surface area contributed by atoms with Crippen molar-refractivity contribution in [1.82, 2.24) is 10.2 Å². The second-order valence-electron chi connectivity index (χ2n) is 10.2. The smallest absolute Gasteiger partial charge is 0.261 e. The molecule has 0 saturated heterocycles. The zero-order valence-electron chi connectivity index (χ0n) is 21.1. The molecule has 2 amide bonds. The second-order valence-corrected chi connectivity index (χ2v) is 11.0. The highest BCUT2D eigenvalue weighted by Crippen LogP contribution is 2.31. The Bertz CT molecular complexity index is 1030. The third kappa shape index (κ3) is 7.37. The molecular weight excluding hydrogens is 483 g/mol. The first-order valence-electron chi connectivity index (χ1n) is 12.4. The van der Waals surface area contributed by atoms with E-state index in [4.69, 9.17) is 27.9 Å². The van der Waals surface area contributed by atoms with Crippen molar-refractivity contribution in [3.8, 4) is 5.75 Å². The molecule has 7 heteroatoms. The minimum atomic E-state index is -0.628. The lowest BCUT2D eigenvalue weighted by molar-refractivity contribution is -0.143. The van der Waals surface area contributed by atoms with Crippen LogP contribution in [0.4, 0.5) is 0 Å². The Morgan fingerprint density at radius 1 is 1.11 bits per heavy atom. The molecule has 0 heterocycles. The topological polar surface area (TPSA) is 58.6 Å². The summed E-state index contributed by atoms with van der Waals surface area (Å²) in [5, 5.41) is 4.13. The van der Waals surface area contributed by atoms with E-state index < -0.39 is 6.04 Å². The molecule has 1 N–H and O–H groups in total. The molecule has 1 aliphatic rings. The molecule has 2 aromatic rings. The van der Waals surface area contributed by atoms with Crippen LogP contribution in [0.25, 0.3) is 0 Å². The molecule has 1 atom stereocenters. The highest BCUT2D eigenvalue weighted by atomic mass is 35.5. The molecule has 0 bridgehead atoms. The number of amides is 2. The SMILES string of the molecule is CC[C@H](C(=O)NC1CCCC1)N(Cc1ccc(Cl)cc1Cl)C(=O)COc1ccccc1C(C)(C)C. The van der Waals surface area contributed by atoms with Crippen molar-refractivity contribution in [3.63, 3.8) is 0 Å². The van der Waals surface area contributed by atoms with Crippen LogP contribution in [0.15, 0.2) is 42.5 Å². The zero-order chi connectivity index (χ0) is 25.6. The summed E-state index contributed by atoms with van der Waals surface area (Å²) in [5.41, 5.74) is 1.61. The van der Waals surface area contributed by atoms with Gasteiger partial charge in [-0.2, -0.15) is 0 Å². The zero-order valence-corrected chi connectivity index (χ0v) is 22.6. The first-order chi connectivity index (χ1) is 16.6. The van der Waals surface area contributed by atoms with Gasteiger partial charge in [-0.05, 0) is 54.0 Å². The van der Waals surface area contributed by atoms with Crippen LogP contribution >= 0.6 is 23.2 Å². The lowest BCUT2D eigenvalue weighted by Gasteiger charge is -2.32. The molecule has 35 heavy (non-hydrogen) atoms. The van der Waals surface area contributed by atoms with Crippen LogP contribution in [0.1, 0.15) is 70.9 Å². The highest BCUT2D eigenvalue weighted by Gasteiger charge is 2.31. The monoisotopic (exact) mass is 518 g/mol. The minimum absolute atomic E-state index is 0.132. The van der Waals surface area contributed by atoms with Crippen molar-refractivity contribution in [2.24, 2.45) is 0 Å². The summed E-state index contributed by atoms with van der Waals surface area (Å²) in [7, 11) is 0. The number of para-hydroxylation sites is 1. The molecule has 5 nitrogen and oxygen atoms in total. The Hall–Kier alpha value is -2.24. The Morgan fingerprint density at radius 2 is 1.80 bits per heavy atom. The molecule has 0 radical (unpaired) electrons. The average molecular weight is 520 g/mol. The number of nitrogens with zero attached hydrogens (tertiary/aromatic N) is 1. The Balaban J connectivity index is 1.83. The molecule has 1 fully saturated rings. The van der Waals surface area contributed by atoms with Gasteiger partial charge in [-0.3, -0.25) is 9.59 Å². The summed E-state index contributed by atoms with van der Waals surface area (Å²) in [5.74, 6) is 0.266. The molecule has 3 rings (SSSR count). The average Bonchev–Trinajstić information content (AvgIpc) is 3.31. The number of hydrogen-bond acceptors (Lipinski definition) is 3. The summed E-state index contributed by atoms with van der Waals surface area (Å²) >= 11 is 12.5. The summed E-state index contributed by atoms with van der Waals surface area (Å²) in [6.07, 6.45) is 4.67. The Morgan fingerprint density at radius 3 is 2.43 bits per heavy atom. The molecule has 1 saturated carbocycles. The van der Waals surface area contributed by atoms with Crippen LogP contribution in [-0.4, -0.2) is 35.4 Å². The first kappa shape index (κ1) is 27.3. The van der Waals surface area contributed by atoms with Gasteiger partial charge in [0.15, 0.2) is 6.61 Å². The standard InChI is InChI=1S/C28H36Cl2N2O3/c1-5-24(27(34)31-21-10-6-7-11-21)32(17-19-14-15-20(29)16-23(19)30)26(33)18-35-25-13-9-8-12-22(25)28(2,3)4/h8-9,12-16,21,24H,5-7,10-11,17-18H2,1-4H3,(H,31,34)/t24-/m1/s1. The number of halogens is 2. The number of carbonyl (C=O) groups excluding carboxylic acids is 2. The van der Waals surface area contributed by atoms with E-state index in [1.807, 2.05) is 31.2 Å². The van der Waals surface area contributed by atoms with Gasteiger partial charge in [-0.1, -0.05) is 88.0 Å². The summed E-state index contributed by atoms with van der Waals surface area (Å²) in [6.45, 7) is 8.24. The van der Waals surface area contributed by atoms with Gasteiger partial charge in [0.1, 0.15) is 11.8 Å². The summed E-state index contributed by atoms with van der Waals surface area (Å²) in [4.78, 5) is 28.4. The van der Waals surface area contributed by atoms with Crippen molar-refractivity contribution in [1.29, 1.82) is 0 Å². The van der Waals surface area contributed by atoms with E-state index in [0.29, 0.717) is 22.2 Å². The van der Waals surface area contributed by atoms with E-state index in [1.54, 1.807) is 23.1 Å². The molecule has 0 spiro atoms. The van der Waals surface area contributed by atoms with E-state index in [1.165, 1.54) is 0 Å². The number of benzene rings is 2. The molecule has 190 valence electrons. The Kier molecular flexibility index (Phi) is 9.48. The van der Waals surface area contributed by atoms with E-state index in [0.717, 1.165) is 36.8 Å². The van der Waals surface area contributed by atoms with Gasteiger partial charge in [0, 0.05) is 22.6 Å². The van der Waals surface area contributed by atoms with Crippen LogP contribution < -0.4 is 10.1 Å². The minimum Gasteiger partial charge on any atom is -0.483 e. The van der Waals surface area contributed by atoms with Crippen LogP contribution in [-0.2, 0) is 21.5 Å². The fourth-order valence-corrected chi connectivity index (χ4v) is 5.02. The van der Waals surface area contributed by atoms with Crippen LogP contribution in [0.2, 0.25) is 10.0 Å². The van der Waals surface area contributed by atoms with Gasteiger partial charge >= 0.3 is 0 Å². The van der Waals surface area contributed by atoms with Gasteiger partial charge < -0.3 is 15.0 Å². The number of carbonyl (C=O) groups is 2. The third-order valence-electron chi connectivity index (χ3n) is 6.49. The van der Waals surface area contributed by atoms with Crippen LogP contribution in [0, 0.1) is 0 Å². The predicted octanol–water partition coefficient (Wildman–Crippen LogP) is 6.54. The largest absolute Gasteiger partial charge is 0.483 e. The molecule has 0 aliphatic heterocycles. The van der Waals surface area contributed by atoms with E-state index in [9.17, 15) is 9.59 Å². The fourth-order valence-electron chi connectivity index (χ4n) is 4.55. The van der Waals surface area contributed by atoms with Crippen molar-refractivity contribution in [3.05, 3.63) is 63.6 Å². The molecule has 0 unspecified atom stereocenters. The third-order valence-corrected chi connectivity index (χ3v) is 7.08. The predicted molar refractivity (Wildman–Crippen MR) is 142 cm³/mol. The normalized spacial score (nSPS) is 15.0. The second kappa shape index (κ2) is 12.1. The van der Waals surface area contributed by atoms with Crippen molar-refractivity contribution in [2.45, 2.75) is 83.8 Å². The molecule has 1 aliphatic carbocycles. The summed E-state index contributed by atoms with van der Waals surface area (Å²) < 4.78 is 6.02. The number of nitrogens with one attached hydrogen (secondary N) is 1. The maximum absolute atomic E-state index is 13.6. The lowest BCUT2D eigenvalue weighted by Crippen LogP contribution is -2.52. The number of hydrogen-bond donors (Lipinski definition) is 1. The van der Waals surface area contributed by atoms with Gasteiger partial charge in [-0.15, -0.1) is 0 Å². The number of rotatable bonds is 9. The van der Waals surface area contributed by atoms with Gasteiger partial charge in [0.25, 0.3) is 5.91 Å². The van der Waals surface area contributed by atoms with Gasteiger partial charge in [-0.25, -0.2) is 0 Å². The number of ether oxygens (including phenoxy) is 1. The quantitative estimate of drug-likeness (QED) is 0.410. The van der Waals surface area contributed by atoms with E-state index >= 15 is 0 Å². The van der Waals surface area contributed by atoms with Crippen molar-refractivity contribution in [2.75, 3.05) is 6.61 Å². The Labute approximate surface area is 219 Å². The highest BCUT2D eigenvalue weighted by molar-refractivity contribution is 6.35. The fraction of sp³-hybridized carbons (Fsp3) is 0.500. The molecule has 2 aromatic carbocycles. The van der Waals surface area contributed by atoms with Crippen molar-refractivity contribution >= 4 is 35.0 Å². The van der Waals surface area contributed by atoms with Crippen molar-refractivity contribution < 1.29 is 14.3 Å². The molecule has 0 aromatic heterocycles. The maximum Gasteiger partial charge on any atom is 0.261 e. The first-order valence-corrected chi connectivity index (χ1v) is 13.1. The van der Waals surface area contributed by atoms with Crippen LogP contribution in [0.3, 0.4) is 0 Å². The van der Waals surface area contributed by atoms with E-state index in [-0.39, 0.29) is 36.4 Å². The maximum atomic E-state index is 13.6.